The van der Waals surface area contributed by atoms with Crippen molar-refractivity contribution in [3.05, 3.63) is 11.3 Å². The summed E-state index contributed by atoms with van der Waals surface area (Å²) in [4.78, 5) is 24.0. The van der Waals surface area contributed by atoms with Gasteiger partial charge < -0.3 is 14.6 Å². The molecule has 0 radical (unpaired) electrons. The van der Waals surface area contributed by atoms with Crippen LogP contribution >= 0.6 is 0 Å². The fraction of sp³-hybridized carbons (Fsp3) is 0.750. The van der Waals surface area contributed by atoms with Gasteiger partial charge in [-0.3, -0.25) is 0 Å². The first-order valence-electron chi connectivity index (χ1n) is 10.2. The van der Waals surface area contributed by atoms with Crippen LogP contribution in [0.4, 0.5) is 24.9 Å². The number of aromatic nitrogens is 2. The first kappa shape index (κ1) is 18.2. The molecule has 0 bridgehead atoms. The third kappa shape index (κ3) is 2.70. The van der Waals surface area contributed by atoms with Gasteiger partial charge in [0.2, 0.25) is 5.95 Å². The highest BCUT2D eigenvalue weighted by molar-refractivity contribution is 5.76. The van der Waals surface area contributed by atoms with E-state index in [4.69, 9.17) is 0 Å². The summed E-state index contributed by atoms with van der Waals surface area (Å²) >= 11 is 0. The van der Waals surface area contributed by atoms with Crippen molar-refractivity contribution < 1.29 is 18.0 Å². The lowest BCUT2D eigenvalue weighted by Crippen LogP contribution is -2.57. The Bertz CT molecular complexity index is 820. The molecule has 0 spiro atoms. The number of carbonyl (C=O) groups is 1. The van der Waals surface area contributed by atoms with Crippen LogP contribution in [0.15, 0.2) is 0 Å². The highest BCUT2D eigenvalue weighted by atomic mass is 19.3. The van der Waals surface area contributed by atoms with Crippen LogP contribution in [0.3, 0.4) is 0 Å². The van der Waals surface area contributed by atoms with Gasteiger partial charge in [-0.15, -0.1) is 0 Å². The van der Waals surface area contributed by atoms with Crippen molar-refractivity contribution in [1.82, 2.24) is 9.97 Å². The molecular formula is C20H25F3N4O. The summed E-state index contributed by atoms with van der Waals surface area (Å²) in [5.41, 5.74) is 0.378. The minimum absolute atomic E-state index is 0.150. The molecule has 0 amide bonds. The Morgan fingerprint density at radius 3 is 2.54 bits per heavy atom. The van der Waals surface area contributed by atoms with Crippen LogP contribution in [-0.2, 0) is 17.1 Å². The molecule has 5 rings (SSSR count). The van der Waals surface area contributed by atoms with Crippen molar-refractivity contribution in [2.75, 3.05) is 29.4 Å². The van der Waals surface area contributed by atoms with Gasteiger partial charge >= 0.3 is 0 Å². The van der Waals surface area contributed by atoms with Gasteiger partial charge in [0.1, 0.15) is 23.5 Å². The molecule has 5 nitrogen and oxygen atoms in total. The number of ketones is 1. The van der Waals surface area contributed by atoms with E-state index in [2.05, 4.69) is 14.9 Å². The Labute approximate surface area is 162 Å². The zero-order valence-electron chi connectivity index (χ0n) is 16.2. The molecule has 2 aliphatic heterocycles. The topological polar surface area (TPSA) is 49.3 Å². The molecule has 1 aromatic rings. The largest absolute Gasteiger partial charge is 0.356 e. The molecule has 0 aromatic carbocycles. The van der Waals surface area contributed by atoms with Crippen LogP contribution < -0.4 is 9.80 Å². The molecule has 152 valence electrons. The molecule has 4 aliphatic rings. The van der Waals surface area contributed by atoms with Crippen molar-refractivity contribution >= 4 is 17.5 Å². The average molecular weight is 394 g/mol. The van der Waals surface area contributed by atoms with Crippen molar-refractivity contribution in [2.45, 2.75) is 57.7 Å². The van der Waals surface area contributed by atoms with Gasteiger partial charge in [-0.25, -0.2) is 9.37 Å². The van der Waals surface area contributed by atoms with E-state index in [1.54, 1.807) is 18.7 Å². The SMILES string of the molecule is CC(=O)CC1[C@H]2CN(c3nc(N4CC(F)[C@@H]4C)nc4c3CCCC4(F)F)C[C@@H]12. The normalized spacial score (nSPS) is 35.2. The Hall–Kier alpha value is -1.86. The predicted molar refractivity (Wildman–Crippen MR) is 98.5 cm³/mol. The maximum atomic E-state index is 14.7. The molecule has 3 fully saturated rings. The molecule has 2 saturated heterocycles. The minimum Gasteiger partial charge on any atom is -0.356 e. The molecule has 5 atom stereocenters. The fourth-order valence-corrected chi connectivity index (χ4v) is 5.27. The Kier molecular flexibility index (Phi) is 3.94. The molecule has 28 heavy (non-hydrogen) atoms. The number of piperidine rings is 1. The van der Waals surface area contributed by atoms with Crippen molar-refractivity contribution in [3.8, 4) is 0 Å². The summed E-state index contributed by atoms with van der Waals surface area (Å²) in [5, 5.41) is 0. The third-order valence-corrected chi connectivity index (χ3v) is 7.07. The lowest BCUT2D eigenvalue weighted by molar-refractivity contribution is -0.117. The lowest BCUT2D eigenvalue weighted by Gasteiger charge is -2.43. The molecule has 0 N–H and O–H groups in total. The van der Waals surface area contributed by atoms with Crippen LogP contribution in [0, 0.1) is 17.8 Å². The number of halogens is 3. The summed E-state index contributed by atoms with van der Waals surface area (Å²) in [6.45, 7) is 4.99. The highest BCUT2D eigenvalue weighted by Crippen LogP contribution is 2.55. The molecule has 8 heteroatoms. The van der Waals surface area contributed by atoms with Gasteiger partial charge in [0.25, 0.3) is 5.92 Å². The van der Waals surface area contributed by atoms with Crippen LogP contribution in [0.2, 0.25) is 0 Å². The summed E-state index contributed by atoms with van der Waals surface area (Å²) in [7, 11) is 0. The van der Waals surface area contributed by atoms with Gasteiger partial charge in [0.05, 0.1) is 12.6 Å². The second-order valence-electron chi connectivity index (χ2n) is 8.94. The summed E-state index contributed by atoms with van der Waals surface area (Å²) in [5.74, 6) is -0.626. The Morgan fingerprint density at radius 1 is 1.21 bits per heavy atom. The zero-order chi connectivity index (χ0) is 19.8. The first-order valence-corrected chi connectivity index (χ1v) is 10.2. The number of fused-ring (bicyclic) bond motifs is 2. The maximum Gasteiger partial charge on any atom is 0.290 e. The number of nitrogens with zero attached hydrogens (tertiary/aromatic N) is 4. The quantitative estimate of drug-likeness (QED) is 0.786. The van der Waals surface area contributed by atoms with Crippen LogP contribution in [0.25, 0.3) is 0 Å². The molecule has 1 aromatic heterocycles. The molecular weight excluding hydrogens is 369 g/mol. The van der Waals surface area contributed by atoms with Crippen molar-refractivity contribution in [2.24, 2.45) is 17.8 Å². The van der Waals surface area contributed by atoms with Gasteiger partial charge in [0.15, 0.2) is 0 Å². The Balaban J connectivity index is 1.47. The van der Waals surface area contributed by atoms with E-state index in [9.17, 15) is 18.0 Å². The van der Waals surface area contributed by atoms with E-state index >= 15 is 0 Å². The fourth-order valence-electron chi connectivity index (χ4n) is 5.27. The van der Waals surface area contributed by atoms with Crippen molar-refractivity contribution in [1.29, 1.82) is 0 Å². The summed E-state index contributed by atoms with van der Waals surface area (Å²) in [6, 6.07) is -0.393. The highest BCUT2D eigenvalue weighted by Gasteiger charge is 2.56. The van der Waals surface area contributed by atoms with E-state index in [-0.39, 0.29) is 30.4 Å². The lowest BCUT2D eigenvalue weighted by atomic mass is 9.92. The van der Waals surface area contributed by atoms with Crippen molar-refractivity contribution in [3.63, 3.8) is 0 Å². The van der Waals surface area contributed by atoms with Crippen LogP contribution in [0.5, 0.6) is 0 Å². The number of rotatable bonds is 4. The minimum atomic E-state index is -2.97. The summed E-state index contributed by atoms with van der Waals surface area (Å²) in [6.07, 6.45) is 0.386. The number of hydrogen-bond acceptors (Lipinski definition) is 5. The number of carbonyl (C=O) groups excluding carboxylic acids is 1. The van der Waals surface area contributed by atoms with Gasteiger partial charge in [0, 0.05) is 31.5 Å². The van der Waals surface area contributed by atoms with Gasteiger partial charge in [-0.05, 0) is 44.4 Å². The predicted octanol–water partition coefficient (Wildman–Crippen LogP) is 3.11. The van der Waals surface area contributed by atoms with E-state index < -0.39 is 18.1 Å². The van der Waals surface area contributed by atoms with E-state index in [0.717, 1.165) is 13.1 Å². The molecule has 1 saturated carbocycles. The van der Waals surface area contributed by atoms with Crippen LogP contribution in [-0.4, -0.2) is 47.6 Å². The van der Waals surface area contributed by atoms with E-state index in [0.29, 0.717) is 48.4 Å². The third-order valence-electron chi connectivity index (χ3n) is 7.07. The van der Waals surface area contributed by atoms with Crippen LogP contribution in [0.1, 0.15) is 44.4 Å². The van der Waals surface area contributed by atoms with E-state index in [1.165, 1.54) is 0 Å². The zero-order valence-corrected chi connectivity index (χ0v) is 16.2. The number of alkyl halides is 3. The first-order chi connectivity index (χ1) is 13.3. The average Bonchev–Trinajstić information content (AvgIpc) is 3.07. The Morgan fingerprint density at radius 2 is 1.93 bits per heavy atom. The number of hydrogen-bond donors (Lipinski definition) is 0. The van der Waals surface area contributed by atoms with E-state index in [1.807, 2.05) is 0 Å². The summed E-state index contributed by atoms with van der Waals surface area (Å²) < 4.78 is 43.0. The van der Waals surface area contributed by atoms with Gasteiger partial charge in [-0.1, -0.05) is 0 Å². The standard InChI is InChI=1S/C20H25F3N4O/c1-10(28)6-13-14-7-26(8-15(13)14)18-12-4-3-5-20(22,23)17(12)24-19(25-18)27-9-16(21)11(27)2/h11,13-16H,3-9H2,1-2H3/t11-,13?,14-,15+,16?/m0/s1. The second kappa shape index (κ2) is 6.07. The number of Topliss-reactive ketones (excluding diaryl/α,β-unsaturated/α-hetero) is 1. The maximum absolute atomic E-state index is 14.7. The smallest absolute Gasteiger partial charge is 0.290 e. The molecule has 2 unspecified atom stereocenters. The van der Waals surface area contributed by atoms with Gasteiger partial charge in [-0.2, -0.15) is 13.8 Å². The molecule has 3 heterocycles. The molecule has 2 aliphatic carbocycles. The monoisotopic (exact) mass is 394 g/mol. The number of anilines is 2. The second-order valence-corrected chi connectivity index (χ2v) is 8.94.